The predicted octanol–water partition coefficient (Wildman–Crippen LogP) is -0.573. The molecule has 0 unspecified atom stereocenters. The van der Waals surface area contributed by atoms with E-state index in [0.29, 0.717) is 9.80 Å². The molecule has 0 aliphatic rings. The third-order valence-electron chi connectivity index (χ3n) is 2.27. The summed E-state index contributed by atoms with van der Waals surface area (Å²) >= 11 is 0. The summed E-state index contributed by atoms with van der Waals surface area (Å²) in [6.45, 7) is -1.01. The van der Waals surface area contributed by atoms with Gasteiger partial charge in [0.2, 0.25) is 0 Å². The molecule has 0 aliphatic carbocycles. The fourth-order valence-electron chi connectivity index (χ4n) is 1.70. The Hall–Kier alpha value is 0.200. The zero-order chi connectivity index (χ0) is 19.4. The molecule has 210 valence electrons. The second-order valence-corrected chi connectivity index (χ2v) is 11.5. The van der Waals surface area contributed by atoms with Crippen molar-refractivity contribution in [3.05, 3.63) is 0 Å². The Morgan fingerprint density at radius 3 is 0.594 bits per heavy atom. The molecule has 0 aromatic heterocycles. The minimum atomic E-state index is -4.69. The molecule has 0 radical (unpaired) electrons. The molecule has 0 aromatic carbocycles. The number of hydrogen-bond acceptors (Lipinski definition) is 14. The van der Waals surface area contributed by atoms with Crippen LogP contribution in [0.25, 0.3) is 0 Å². The summed E-state index contributed by atoms with van der Waals surface area (Å²) in [6, 6.07) is 0. The van der Waals surface area contributed by atoms with Crippen molar-refractivity contribution in [3.8, 4) is 0 Å². The SMILES string of the molecule is N.N.N.N.N.N.N.N.O=P(O)(O)CN(CCN(CP(=O)(O)O)CP(=O)(O)O)CP(=O)(O)O. The molecule has 0 saturated carbocycles. The molecule has 0 rings (SSSR count). The van der Waals surface area contributed by atoms with Crippen molar-refractivity contribution in [2.24, 2.45) is 0 Å². The molecular formula is C6H44N10O12P4. The van der Waals surface area contributed by atoms with Crippen LogP contribution < -0.4 is 49.2 Å². The van der Waals surface area contributed by atoms with Gasteiger partial charge in [0.1, 0.15) is 25.1 Å². The quantitative estimate of drug-likeness (QED) is 0.138. The van der Waals surface area contributed by atoms with Crippen LogP contribution in [0.15, 0.2) is 0 Å². The first kappa shape index (κ1) is 58.2. The second-order valence-electron chi connectivity index (χ2n) is 5.01. The molecule has 0 aromatic rings. The molecule has 26 heteroatoms. The number of nitrogens with zero attached hydrogens (tertiary/aromatic N) is 2. The Kier molecular flexibility index (Phi) is 39.5. The maximum Gasteiger partial charge on any atom is 0.339 e. The molecule has 32 heavy (non-hydrogen) atoms. The lowest BCUT2D eigenvalue weighted by molar-refractivity contribution is 0.226. The van der Waals surface area contributed by atoms with Crippen LogP contribution in [-0.2, 0) is 18.3 Å². The first-order chi connectivity index (χ1) is 10.4. The highest BCUT2D eigenvalue weighted by Gasteiger charge is 2.29. The highest BCUT2D eigenvalue weighted by molar-refractivity contribution is 7.53. The summed E-state index contributed by atoms with van der Waals surface area (Å²) < 4.78 is 43.9. The first-order valence-corrected chi connectivity index (χ1v) is 13.2. The topological polar surface area (TPSA) is 517 Å². The van der Waals surface area contributed by atoms with Gasteiger partial charge in [0.15, 0.2) is 0 Å². The standard InChI is InChI=1S/C6H20N2O12P4.8H3N/c9-21(10,11)3-7(4-22(12,13)14)1-2-8(5-23(15,16)17)6-24(18,19)20;;;;;;;;/h1-6H2,(H2,9,10,11)(H2,12,13,14)(H2,15,16,17)(H2,18,19,20);8*1H3. The maximum absolute atomic E-state index is 11.0. The van der Waals surface area contributed by atoms with E-state index in [4.69, 9.17) is 39.1 Å². The summed E-state index contributed by atoms with van der Waals surface area (Å²) in [5.74, 6) is 0. The molecule has 22 nitrogen and oxygen atoms in total. The van der Waals surface area contributed by atoms with Gasteiger partial charge in [-0.05, 0) is 0 Å². The van der Waals surface area contributed by atoms with Crippen molar-refractivity contribution in [2.75, 3.05) is 38.2 Å². The summed E-state index contributed by atoms with van der Waals surface area (Å²) in [4.78, 5) is 72.3. The van der Waals surface area contributed by atoms with Crippen LogP contribution in [0, 0.1) is 0 Å². The van der Waals surface area contributed by atoms with Crippen LogP contribution in [0.5, 0.6) is 0 Å². The Morgan fingerprint density at radius 1 is 0.375 bits per heavy atom. The van der Waals surface area contributed by atoms with Crippen LogP contribution in [0.3, 0.4) is 0 Å². The fourth-order valence-corrected chi connectivity index (χ4v) is 5.06. The lowest BCUT2D eigenvalue weighted by atomic mass is 10.5. The van der Waals surface area contributed by atoms with Crippen LogP contribution in [0.1, 0.15) is 0 Å². The zero-order valence-corrected chi connectivity index (χ0v) is 21.4. The van der Waals surface area contributed by atoms with Crippen LogP contribution in [-0.4, -0.2) is 87.2 Å². The van der Waals surface area contributed by atoms with E-state index in [1.54, 1.807) is 0 Å². The van der Waals surface area contributed by atoms with Crippen molar-refractivity contribution in [1.82, 2.24) is 59.0 Å². The lowest BCUT2D eigenvalue weighted by Crippen LogP contribution is -2.37. The molecule has 0 spiro atoms. The maximum atomic E-state index is 11.0. The first-order valence-electron chi connectivity index (χ1n) is 5.99. The molecule has 0 amide bonds. The van der Waals surface area contributed by atoms with Crippen molar-refractivity contribution in [2.45, 2.75) is 0 Å². The van der Waals surface area contributed by atoms with Crippen molar-refractivity contribution in [1.29, 1.82) is 0 Å². The molecule has 0 atom stereocenters. The highest BCUT2D eigenvalue weighted by atomic mass is 31.2. The monoisotopic (exact) mass is 572 g/mol. The third-order valence-corrected chi connectivity index (χ3v) is 5.34. The summed E-state index contributed by atoms with van der Waals surface area (Å²) in [6.07, 6.45) is -4.18. The zero-order valence-electron chi connectivity index (χ0n) is 17.8. The Morgan fingerprint density at radius 2 is 0.500 bits per heavy atom. The van der Waals surface area contributed by atoms with Crippen molar-refractivity contribution < 1.29 is 57.4 Å². The molecule has 0 saturated heterocycles. The van der Waals surface area contributed by atoms with Crippen LogP contribution in [0.2, 0.25) is 0 Å². The number of hydrogen-bond donors (Lipinski definition) is 16. The van der Waals surface area contributed by atoms with Gasteiger partial charge in [0, 0.05) is 13.1 Å². The van der Waals surface area contributed by atoms with Crippen molar-refractivity contribution in [3.63, 3.8) is 0 Å². The van der Waals surface area contributed by atoms with E-state index in [2.05, 4.69) is 0 Å². The summed E-state index contributed by atoms with van der Waals surface area (Å²) in [5, 5.41) is 0. The normalized spacial score (nSPS) is 10.9. The van der Waals surface area contributed by atoms with E-state index >= 15 is 0 Å². The molecule has 0 heterocycles. The minimum Gasteiger partial charge on any atom is -0.344 e. The molecule has 0 fully saturated rings. The number of rotatable bonds is 11. The van der Waals surface area contributed by atoms with Gasteiger partial charge in [-0.3, -0.25) is 28.1 Å². The molecular weight excluding hydrogens is 528 g/mol. The largest absolute Gasteiger partial charge is 0.344 e. The average Bonchev–Trinajstić information content (AvgIpc) is 2.16. The Labute approximate surface area is 185 Å². The van der Waals surface area contributed by atoms with E-state index in [9.17, 15) is 18.3 Å². The minimum absolute atomic E-state index is 0. The van der Waals surface area contributed by atoms with Gasteiger partial charge >= 0.3 is 30.4 Å². The van der Waals surface area contributed by atoms with Gasteiger partial charge in [0.25, 0.3) is 0 Å². The summed E-state index contributed by atoms with van der Waals surface area (Å²) in [5.41, 5.74) is 0. The lowest BCUT2D eigenvalue weighted by Gasteiger charge is -2.28. The van der Waals surface area contributed by atoms with E-state index in [1.165, 1.54) is 0 Å². The fraction of sp³-hybridized carbons (Fsp3) is 1.00. The van der Waals surface area contributed by atoms with E-state index in [0.717, 1.165) is 0 Å². The van der Waals surface area contributed by atoms with Gasteiger partial charge in [-0.2, -0.15) is 0 Å². The molecule has 0 bridgehead atoms. The van der Waals surface area contributed by atoms with Gasteiger partial charge in [-0.25, -0.2) is 0 Å². The van der Waals surface area contributed by atoms with E-state index in [1.807, 2.05) is 0 Å². The van der Waals surface area contributed by atoms with Crippen molar-refractivity contribution >= 4 is 30.4 Å². The van der Waals surface area contributed by atoms with Crippen LogP contribution in [0.4, 0.5) is 0 Å². The third kappa shape index (κ3) is 40.5. The smallest absolute Gasteiger partial charge is 0.339 e. The Bertz CT molecular complexity index is 505. The highest BCUT2D eigenvalue weighted by Crippen LogP contribution is 2.42. The van der Waals surface area contributed by atoms with Gasteiger partial charge in [-0.15, -0.1) is 0 Å². The summed E-state index contributed by atoms with van der Waals surface area (Å²) in [7, 11) is -18.8. The molecule has 0 aliphatic heterocycles. The van der Waals surface area contributed by atoms with E-state index in [-0.39, 0.29) is 49.2 Å². The average molecular weight is 572 g/mol. The predicted molar refractivity (Wildman–Crippen MR) is 121 cm³/mol. The van der Waals surface area contributed by atoms with Gasteiger partial charge < -0.3 is 88.4 Å². The second kappa shape index (κ2) is 21.7. The molecule has 32 N–H and O–H groups in total. The Balaban J connectivity index is -0.0000000945. The van der Waals surface area contributed by atoms with Crippen LogP contribution >= 0.6 is 30.4 Å². The van der Waals surface area contributed by atoms with Gasteiger partial charge in [0.05, 0.1) is 0 Å². The van der Waals surface area contributed by atoms with Gasteiger partial charge in [-0.1, -0.05) is 0 Å². The van der Waals surface area contributed by atoms with E-state index < -0.39 is 68.6 Å².